The minimum atomic E-state index is 0.728. The summed E-state index contributed by atoms with van der Waals surface area (Å²) in [4.78, 5) is 6.82. The van der Waals surface area contributed by atoms with Crippen LogP contribution in [0.4, 0.5) is 34.1 Å². The third kappa shape index (κ3) is 5.91. The van der Waals surface area contributed by atoms with Gasteiger partial charge in [0.1, 0.15) is 0 Å². The number of rotatable bonds is 8. The van der Waals surface area contributed by atoms with Gasteiger partial charge in [0.15, 0.2) is 0 Å². The van der Waals surface area contributed by atoms with E-state index >= 15 is 0 Å². The Morgan fingerprint density at radius 3 is 1.12 bits per heavy atom. The maximum Gasteiger partial charge on any atom is 0.0493 e. The molecule has 6 rings (SSSR count). The van der Waals surface area contributed by atoms with E-state index in [1.165, 1.54) is 0 Å². The van der Waals surface area contributed by atoms with E-state index in [2.05, 4.69) is 155 Å². The summed E-state index contributed by atoms with van der Waals surface area (Å²) in [5.41, 5.74) is 6.50. The van der Waals surface area contributed by atoms with Crippen molar-refractivity contribution in [1.82, 2.24) is 0 Å². The lowest BCUT2D eigenvalue weighted by molar-refractivity contribution is 1.22. The van der Waals surface area contributed by atoms with Gasteiger partial charge >= 0.3 is 0 Å². The second kappa shape index (κ2) is 12.2. The van der Waals surface area contributed by atoms with Crippen LogP contribution in [0, 0.1) is 0 Å². The molecule has 0 aromatic heterocycles. The number of nitrogens with zero attached hydrogens (tertiary/aromatic N) is 2. The first-order chi connectivity index (χ1) is 19.7. The third-order valence-electron chi connectivity index (χ3n) is 6.48. The average Bonchev–Trinajstić information content (AvgIpc) is 3.00. The number of para-hydroxylation sites is 4. The molecule has 0 unspecified atom stereocenters. The zero-order chi connectivity index (χ0) is 27.1. The van der Waals surface area contributed by atoms with Gasteiger partial charge in [-0.25, -0.2) is 0 Å². The van der Waals surface area contributed by atoms with Gasteiger partial charge in [0.2, 0.25) is 0 Å². The average molecular weight is 555 g/mol. The quantitative estimate of drug-likeness (QED) is 0.185. The van der Waals surface area contributed by atoms with Gasteiger partial charge < -0.3 is 9.80 Å². The van der Waals surface area contributed by atoms with Crippen molar-refractivity contribution < 1.29 is 0 Å². The van der Waals surface area contributed by atoms with Crippen LogP contribution < -0.4 is 9.80 Å². The molecule has 0 saturated carbocycles. The van der Waals surface area contributed by atoms with Crippen LogP contribution in [0.5, 0.6) is 0 Å². The van der Waals surface area contributed by atoms with E-state index in [0.29, 0.717) is 0 Å². The SMILES string of the molecule is Clc1cccc(Sc2cc(N(c3ccccc3)c3ccccc3)cc(N(c3ccccc3)c3ccccc3)c2)c1. The lowest BCUT2D eigenvalue weighted by Gasteiger charge is -2.30. The van der Waals surface area contributed by atoms with E-state index in [1.807, 2.05) is 18.2 Å². The molecule has 2 nitrogen and oxygen atoms in total. The summed E-state index contributed by atoms with van der Waals surface area (Å²) in [6, 6.07) is 56.8. The third-order valence-corrected chi connectivity index (χ3v) is 7.68. The monoisotopic (exact) mass is 554 g/mol. The Hall–Kier alpha value is -4.44. The molecular weight excluding hydrogens is 528 g/mol. The van der Waals surface area contributed by atoms with E-state index in [9.17, 15) is 0 Å². The van der Waals surface area contributed by atoms with Crippen LogP contribution in [0.15, 0.2) is 174 Å². The Morgan fingerprint density at radius 1 is 0.350 bits per heavy atom. The highest BCUT2D eigenvalue weighted by Crippen LogP contribution is 2.43. The summed E-state index contributed by atoms with van der Waals surface area (Å²) in [6.45, 7) is 0. The van der Waals surface area contributed by atoms with Crippen LogP contribution >= 0.6 is 23.4 Å². The fraction of sp³-hybridized carbons (Fsp3) is 0. The zero-order valence-electron chi connectivity index (χ0n) is 21.8. The van der Waals surface area contributed by atoms with Crippen molar-refractivity contribution >= 4 is 57.5 Å². The van der Waals surface area contributed by atoms with E-state index in [1.54, 1.807) is 11.8 Å². The fourth-order valence-electron chi connectivity index (χ4n) is 4.75. The molecule has 0 aliphatic heterocycles. The van der Waals surface area contributed by atoms with Crippen LogP contribution in [0.2, 0.25) is 5.02 Å². The second-order valence-electron chi connectivity index (χ2n) is 9.26. The number of benzene rings is 6. The Labute approximate surface area is 245 Å². The van der Waals surface area contributed by atoms with Gasteiger partial charge in [0.25, 0.3) is 0 Å². The summed E-state index contributed by atoms with van der Waals surface area (Å²) >= 11 is 8.07. The van der Waals surface area contributed by atoms with Gasteiger partial charge in [-0.1, -0.05) is 102 Å². The second-order valence-corrected chi connectivity index (χ2v) is 10.8. The lowest BCUT2D eigenvalue weighted by Crippen LogP contribution is -2.13. The molecule has 4 heteroatoms. The first kappa shape index (κ1) is 25.8. The van der Waals surface area contributed by atoms with Crippen LogP contribution in [-0.4, -0.2) is 0 Å². The predicted molar refractivity (Wildman–Crippen MR) is 171 cm³/mol. The molecular formula is C36H27ClN2S. The molecule has 0 atom stereocenters. The first-order valence-corrected chi connectivity index (χ1v) is 14.3. The Morgan fingerprint density at radius 2 is 0.750 bits per heavy atom. The molecule has 40 heavy (non-hydrogen) atoms. The van der Waals surface area contributed by atoms with E-state index in [0.717, 1.165) is 48.9 Å². The largest absolute Gasteiger partial charge is 0.310 e. The molecule has 0 spiro atoms. The van der Waals surface area contributed by atoms with Gasteiger partial charge in [0, 0.05) is 48.9 Å². The van der Waals surface area contributed by atoms with E-state index in [-0.39, 0.29) is 0 Å². The molecule has 0 N–H and O–H groups in total. The maximum absolute atomic E-state index is 6.36. The van der Waals surface area contributed by atoms with E-state index in [4.69, 9.17) is 11.6 Å². The van der Waals surface area contributed by atoms with Crippen molar-refractivity contribution in [2.45, 2.75) is 9.79 Å². The van der Waals surface area contributed by atoms with Crippen molar-refractivity contribution in [1.29, 1.82) is 0 Å². The maximum atomic E-state index is 6.36. The van der Waals surface area contributed by atoms with Gasteiger partial charge in [0.05, 0.1) is 0 Å². The van der Waals surface area contributed by atoms with Gasteiger partial charge in [-0.05, 0) is 84.9 Å². The van der Waals surface area contributed by atoms with E-state index < -0.39 is 0 Å². The van der Waals surface area contributed by atoms with Crippen molar-refractivity contribution in [2.75, 3.05) is 9.80 Å². The zero-order valence-corrected chi connectivity index (χ0v) is 23.3. The van der Waals surface area contributed by atoms with Gasteiger partial charge in [-0.15, -0.1) is 0 Å². The molecule has 0 fully saturated rings. The fourth-order valence-corrected chi connectivity index (χ4v) is 5.97. The molecule has 0 aliphatic carbocycles. The smallest absolute Gasteiger partial charge is 0.0493 e. The molecule has 0 bridgehead atoms. The number of hydrogen-bond donors (Lipinski definition) is 0. The summed E-state index contributed by atoms with van der Waals surface area (Å²) in [5, 5.41) is 0.728. The van der Waals surface area contributed by atoms with Crippen LogP contribution in [0.3, 0.4) is 0 Å². The number of halogens is 1. The molecule has 0 saturated heterocycles. The highest BCUT2D eigenvalue weighted by atomic mass is 35.5. The van der Waals surface area contributed by atoms with Crippen molar-refractivity contribution in [3.05, 3.63) is 169 Å². The van der Waals surface area contributed by atoms with Crippen molar-refractivity contribution in [3.63, 3.8) is 0 Å². The molecule has 194 valence electrons. The highest BCUT2D eigenvalue weighted by Gasteiger charge is 2.19. The van der Waals surface area contributed by atoms with Crippen molar-refractivity contribution in [2.24, 2.45) is 0 Å². The van der Waals surface area contributed by atoms with Crippen LogP contribution in [-0.2, 0) is 0 Å². The molecule has 0 amide bonds. The summed E-state index contributed by atoms with van der Waals surface area (Å²) in [6.07, 6.45) is 0. The minimum Gasteiger partial charge on any atom is -0.310 e. The molecule has 0 radical (unpaired) electrons. The van der Waals surface area contributed by atoms with Crippen LogP contribution in [0.1, 0.15) is 0 Å². The van der Waals surface area contributed by atoms with Gasteiger partial charge in [-0.3, -0.25) is 0 Å². The molecule has 6 aromatic rings. The number of hydrogen-bond acceptors (Lipinski definition) is 3. The summed E-state index contributed by atoms with van der Waals surface area (Å²) in [7, 11) is 0. The predicted octanol–water partition coefficient (Wildman–Crippen LogP) is 11.4. The van der Waals surface area contributed by atoms with Crippen LogP contribution in [0.25, 0.3) is 0 Å². The lowest BCUT2D eigenvalue weighted by atomic mass is 10.1. The summed E-state index contributed by atoms with van der Waals surface area (Å²) < 4.78 is 0. The Balaban J connectivity index is 1.57. The Bertz CT molecular complexity index is 1500. The Kier molecular flexibility index (Phi) is 7.85. The minimum absolute atomic E-state index is 0.728. The normalized spacial score (nSPS) is 10.7. The summed E-state index contributed by atoms with van der Waals surface area (Å²) in [5.74, 6) is 0. The molecule has 0 heterocycles. The standard InChI is InChI=1S/C36H27ClN2S/c37-28-14-13-23-35(24-28)40-36-26-33(38(29-15-5-1-6-16-29)30-17-7-2-8-18-30)25-34(27-36)39(31-19-9-3-10-20-31)32-21-11-4-12-22-32/h1-27H. The molecule has 0 aliphatic rings. The molecule has 6 aromatic carbocycles. The topological polar surface area (TPSA) is 6.48 Å². The first-order valence-electron chi connectivity index (χ1n) is 13.1. The number of anilines is 6. The van der Waals surface area contributed by atoms with Crippen molar-refractivity contribution in [3.8, 4) is 0 Å². The van der Waals surface area contributed by atoms with Gasteiger partial charge in [-0.2, -0.15) is 0 Å². The highest BCUT2D eigenvalue weighted by molar-refractivity contribution is 7.99.